The van der Waals surface area contributed by atoms with Gasteiger partial charge in [0.15, 0.2) is 6.10 Å². The maximum absolute atomic E-state index is 13.5. The molecule has 0 fully saturated rings. The first-order chi connectivity index (χ1) is 13.9. The van der Waals surface area contributed by atoms with Gasteiger partial charge in [0.05, 0.1) is 15.9 Å². The third-order valence-corrected chi connectivity index (χ3v) is 5.12. The highest BCUT2D eigenvalue weighted by molar-refractivity contribution is 9.10. The van der Waals surface area contributed by atoms with Gasteiger partial charge in [0.25, 0.3) is 0 Å². The second-order valence-corrected chi connectivity index (χ2v) is 7.75. The normalized spacial score (nSPS) is 12.2. The van der Waals surface area contributed by atoms with Gasteiger partial charge in [-0.25, -0.2) is 19.3 Å². The van der Waals surface area contributed by atoms with Crippen LogP contribution in [0.1, 0.15) is 18.9 Å². The Morgan fingerprint density at radius 3 is 2.76 bits per heavy atom. The number of aromatic nitrogens is 4. The summed E-state index contributed by atoms with van der Waals surface area (Å²) in [6, 6.07) is 8.11. The molecule has 0 saturated carbocycles. The van der Waals surface area contributed by atoms with Crippen molar-refractivity contribution < 1.29 is 9.13 Å². The maximum Gasteiger partial charge on any atom is 0.153 e. The highest BCUT2D eigenvalue weighted by Crippen LogP contribution is 2.37. The smallest absolute Gasteiger partial charge is 0.153 e. The molecule has 0 spiro atoms. The first-order valence-corrected chi connectivity index (χ1v) is 9.89. The average molecular weight is 477 g/mol. The zero-order chi connectivity index (χ0) is 20.5. The number of nitrogens with zero attached hydrogens (tertiary/aromatic N) is 4. The largest absolute Gasteiger partial charge is 0.482 e. The van der Waals surface area contributed by atoms with Crippen molar-refractivity contribution in [3.05, 3.63) is 70.2 Å². The number of imidazole rings is 1. The van der Waals surface area contributed by atoms with E-state index in [9.17, 15) is 4.39 Å². The molecule has 2 aromatic carbocycles. The lowest BCUT2D eigenvalue weighted by Gasteiger charge is -2.18. The van der Waals surface area contributed by atoms with Crippen LogP contribution in [0.15, 0.2) is 53.5 Å². The quantitative estimate of drug-likeness (QED) is 0.394. The number of anilines is 2. The van der Waals surface area contributed by atoms with E-state index in [2.05, 4.69) is 36.2 Å². The molecule has 29 heavy (non-hydrogen) atoms. The average Bonchev–Trinajstić information content (AvgIpc) is 3.10. The molecule has 0 aliphatic carbocycles. The predicted molar refractivity (Wildman–Crippen MR) is 114 cm³/mol. The fraction of sp³-hybridized carbons (Fsp3) is 0.150. The van der Waals surface area contributed by atoms with E-state index in [-0.39, 0.29) is 11.1 Å². The Labute approximate surface area is 179 Å². The van der Waals surface area contributed by atoms with Gasteiger partial charge in [0.1, 0.15) is 29.5 Å². The number of fused-ring (bicyclic) bond motifs is 1. The van der Waals surface area contributed by atoms with Crippen molar-refractivity contribution in [2.45, 2.75) is 13.0 Å². The third kappa shape index (κ3) is 4.04. The van der Waals surface area contributed by atoms with Gasteiger partial charge in [-0.2, -0.15) is 0 Å². The highest BCUT2D eigenvalue weighted by atomic mass is 79.9. The Bertz CT molecular complexity index is 1200. The van der Waals surface area contributed by atoms with Crippen molar-refractivity contribution in [2.75, 3.05) is 5.32 Å². The van der Waals surface area contributed by atoms with Crippen LogP contribution in [0.4, 0.5) is 15.9 Å². The fourth-order valence-corrected chi connectivity index (χ4v) is 3.64. The van der Waals surface area contributed by atoms with Gasteiger partial charge in [-0.3, -0.25) is 0 Å². The van der Waals surface area contributed by atoms with Crippen LogP contribution in [-0.4, -0.2) is 19.5 Å². The lowest BCUT2D eigenvalue weighted by atomic mass is 10.2. The molecule has 4 rings (SSSR count). The van der Waals surface area contributed by atoms with Gasteiger partial charge in [0, 0.05) is 29.6 Å². The van der Waals surface area contributed by atoms with Gasteiger partial charge in [-0.15, -0.1) is 0 Å². The van der Waals surface area contributed by atoms with Crippen molar-refractivity contribution in [2.24, 2.45) is 7.05 Å². The second-order valence-electron chi connectivity index (χ2n) is 6.43. The van der Waals surface area contributed by atoms with Gasteiger partial charge >= 0.3 is 0 Å². The maximum atomic E-state index is 13.5. The summed E-state index contributed by atoms with van der Waals surface area (Å²) in [6.45, 7) is 1.92. The minimum absolute atomic E-state index is 0.0241. The Hall–Kier alpha value is -2.71. The molecule has 1 N–H and O–H groups in total. The van der Waals surface area contributed by atoms with Crippen LogP contribution in [0.5, 0.6) is 5.75 Å². The van der Waals surface area contributed by atoms with Crippen LogP contribution >= 0.6 is 27.5 Å². The van der Waals surface area contributed by atoms with Crippen LogP contribution in [0.25, 0.3) is 10.9 Å². The predicted octanol–water partition coefficient (Wildman–Crippen LogP) is 5.80. The number of rotatable bonds is 5. The van der Waals surface area contributed by atoms with Crippen LogP contribution < -0.4 is 10.1 Å². The SMILES string of the molecule is CC(Oc1cc(Br)cc2ncnc(Nc3ccc(F)c(Cl)c3)c12)c1nccn1C. The monoisotopic (exact) mass is 475 g/mol. The molecular formula is C20H16BrClFN5O. The summed E-state index contributed by atoms with van der Waals surface area (Å²) in [6.07, 6.45) is 4.74. The van der Waals surface area contributed by atoms with Crippen LogP contribution in [0, 0.1) is 5.82 Å². The summed E-state index contributed by atoms with van der Waals surface area (Å²) in [4.78, 5) is 13.1. The Morgan fingerprint density at radius 2 is 2.03 bits per heavy atom. The summed E-state index contributed by atoms with van der Waals surface area (Å²) in [7, 11) is 1.91. The number of hydrogen-bond acceptors (Lipinski definition) is 5. The molecule has 9 heteroatoms. The fourth-order valence-electron chi connectivity index (χ4n) is 3.03. The first-order valence-electron chi connectivity index (χ1n) is 8.72. The molecule has 2 heterocycles. The zero-order valence-electron chi connectivity index (χ0n) is 15.5. The second kappa shape index (κ2) is 7.96. The van der Waals surface area contributed by atoms with Crippen molar-refractivity contribution in [3.63, 3.8) is 0 Å². The molecule has 0 aliphatic rings. The number of aryl methyl sites for hydroxylation is 1. The van der Waals surface area contributed by atoms with Gasteiger partial charge < -0.3 is 14.6 Å². The zero-order valence-corrected chi connectivity index (χ0v) is 17.9. The molecule has 0 aliphatic heterocycles. The molecule has 1 atom stereocenters. The lowest BCUT2D eigenvalue weighted by molar-refractivity contribution is 0.215. The molecule has 148 valence electrons. The van der Waals surface area contributed by atoms with Crippen molar-refractivity contribution in [1.82, 2.24) is 19.5 Å². The van der Waals surface area contributed by atoms with E-state index in [1.807, 2.05) is 36.9 Å². The molecule has 6 nitrogen and oxygen atoms in total. The molecule has 4 aromatic rings. The summed E-state index contributed by atoms with van der Waals surface area (Å²) in [5, 5.41) is 3.89. The summed E-state index contributed by atoms with van der Waals surface area (Å²) in [5.74, 6) is 1.41. The van der Waals surface area contributed by atoms with Crippen LogP contribution in [-0.2, 0) is 7.05 Å². The van der Waals surface area contributed by atoms with E-state index in [1.54, 1.807) is 12.3 Å². The molecular weight excluding hydrogens is 461 g/mol. The molecule has 0 radical (unpaired) electrons. The lowest BCUT2D eigenvalue weighted by Crippen LogP contribution is -2.10. The number of nitrogens with one attached hydrogen (secondary N) is 1. The number of hydrogen-bond donors (Lipinski definition) is 1. The number of halogens is 3. The van der Waals surface area contributed by atoms with Crippen LogP contribution in [0.3, 0.4) is 0 Å². The van der Waals surface area contributed by atoms with E-state index in [1.165, 1.54) is 18.5 Å². The van der Waals surface area contributed by atoms with Crippen molar-refractivity contribution in [1.29, 1.82) is 0 Å². The van der Waals surface area contributed by atoms with Gasteiger partial charge in [-0.05, 0) is 37.3 Å². The number of benzene rings is 2. The Balaban J connectivity index is 1.77. The first kappa shape index (κ1) is 19.6. The van der Waals surface area contributed by atoms with Gasteiger partial charge in [0.2, 0.25) is 0 Å². The highest BCUT2D eigenvalue weighted by Gasteiger charge is 2.18. The van der Waals surface area contributed by atoms with Crippen molar-refractivity contribution >= 4 is 49.9 Å². The van der Waals surface area contributed by atoms with E-state index >= 15 is 0 Å². The number of ether oxygens (including phenoxy) is 1. The Morgan fingerprint density at radius 1 is 1.21 bits per heavy atom. The Kier molecular flexibility index (Phi) is 5.38. The molecule has 0 saturated heterocycles. The van der Waals surface area contributed by atoms with Crippen LogP contribution in [0.2, 0.25) is 5.02 Å². The third-order valence-electron chi connectivity index (χ3n) is 4.37. The molecule has 1 unspecified atom stereocenters. The standard InChI is InChI=1S/C20H16BrClFN5O/c1-11(20-24-5-6-28(20)2)29-17-8-12(21)7-16-18(17)19(26-10-25-16)27-13-3-4-15(23)14(22)9-13/h3-11H,1-2H3,(H,25,26,27). The molecule has 0 amide bonds. The summed E-state index contributed by atoms with van der Waals surface area (Å²) >= 11 is 9.41. The summed E-state index contributed by atoms with van der Waals surface area (Å²) < 4.78 is 22.5. The van der Waals surface area contributed by atoms with E-state index < -0.39 is 5.82 Å². The minimum atomic E-state index is -0.485. The molecule has 0 bridgehead atoms. The van der Waals surface area contributed by atoms with Crippen molar-refractivity contribution in [3.8, 4) is 5.75 Å². The van der Waals surface area contributed by atoms with Gasteiger partial charge in [-0.1, -0.05) is 27.5 Å². The van der Waals surface area contributed by atoms with E-state index in [0.717, 1.165) is 10.3 Å². The topological polar surface area (TPSA) is 64.9 Å². The summed E-state index contributed by atoms with van der Waals surface area (Å²) in [5.41, 5.74) is 1.29. The minimum Gasteiger partial charge on any atom is -0.482 e. The molecule has 2 aromatic heterocycles. The van der Waals surface area contributed by atoms with E-state index in [0.29, 0.717) is 28.2 Å². The van der Waals surface area contributed by atoms with E-state index in [4.69, 9.17) is 16.3 Å².